The van der Waals surface area contributed by atoms with E-state index in [2.05, 4.69) is 20.3 Å². The highest BCUT2D eigenvalue weighted by molar-refractivity contribution is 7.98. The minimum Gasteiger partial charge on any atom is -0.361 e. The van der Waals surface area contributed by atoms with E-state index in [-0.39, 0.29) is 17.0 Å². The fraction of sp³-hybridized carbons (Fsp3) is 0.120. The highest BCUT2D eigenvalue weighted by Crippen LogP contribution is 2.28. The molecule has 5 rings (SSSR count). The molecule has 0 aliphatic heterocycles. The van der Waals surface area contributed by atoms with Crippen LogP contribution in [0.3, 0.4) is 0 Å². The summed E-state index contributed by atoms with van der Waals surface area (Å²) in [5.41, 5.74) is 1.46. The predicted octanol–water partition coefficient (Wildman–Crippen LogP) is 5.17. The van der Waals surface area contributed by atoms with Crippen molar-refractivity contribution in [3.63, 3.8) is 0 Å². The zero-order chi connectivity index (χ0) is 23.8. The number of hydrogen-bond acceptors (Lipinski definition) is 6. The first-order valence-corrected chi connectivity index (χ1v) is 12.2. The van der Waals surface area contributed by atoms with Crippen LogP contribution in [0.5, 0.6) is 0 Å². The molecule has 3 heterocycles. The van der Waals surface area contributed by atoms with Crippen molar-refractivity contribution in [3.05, 3.63) is 98.2 Å². The van der Waals surface area contributed by atoms with Gasteiger partial charge in [0.25, 0.3) is 5.56 Å². The van der Waals surface area contributed by atoms with Gasteiger partial charge in [-0.25, -0.2) is 9.97 Å². The lowest BCUT2D eigenvalue weighted by Crippen LogP contribution is -2.26. The van der Waals surface area contributed by atoms with E-state index in [0.717, 1.165) is 5.39 Å². The van der Waals surface area contributed by atoms with Crippen molar-refractivity contribution in [2.75, 3.05) is 11.6 Å². The molecule has 0 bridgehead atoms. The van der Waals surface area contributed by atoms with E-state index in [4.69, 9.17) is 11.6 Å². The van der Waals surface area contributed by atoms with E-state index < -0.39 is 0 Å². The first-order valence-electron chi connectivity index (χ1n) is 10.6. The smallest absolute Gasteiger partial charge is 0.264 e. The van der Waals surface area contributed by atoms with Crippen molar-refractivity contribution in [2.45, 2.75) is 18.1 Å². The lowest BCUT2D eigenvalue weighted by Gasteiger charge is -2.22. The molecule has 0 aliphatic rings. The van der Waals surface area contributed by atoms with Gasteiger partial charge in [0, 0.05) is 23.6 Å². The van der Waals surface area contributed by atoms with Gasteiger partial charge in [-0.1, -0.05) is 53.7 Å². The number of aromatic amines is 1. The summed E-state index contributed by atoms with van der Waals surface area (Å²) in [6.45, 7) is 1.93. The van der Waals surface area contributed by atoms with Gasteiger partial charge >= 0.3 is 0 Å². The van der Waals surface area contributed by atoms with Gasteiger partial charge in [-0.3, -0.25) is 14.2 Å². The van der Waals surface area contributed by atoms with Crippen LogP contribution in [0.2, 0.25) is 5.02 Å². The monoisotopic (exact) mass is 489 g/mol. The summed E-state index contributed by atoms with van der Waals surface area (Å²) in [5.74, 6) is 0.405. The van der Waals surface area contributed by atoms with Crippen molar-refractivity contribution in [3.8, 4) is 5.69 Å². The third-order valence-electron chi connectivity index (χ3n) is 5.61. The maximum absolute atomic E-state index is 13.7. The Labute approximate surface area is 203 Å². The quantitative estimate of drug-likeness (QED) is 0.261. The zero-order valence-corrected chi connectivity index (χ0v) is 19.9. The Bertz CT molecular complexity index is 1650. The summed E-state index contributed by atoms with van der Waals surface area (Å²) in [5, 5.41) is 5.84. The average Bonchev–Trinajstić information content (AvgIpc) is 2.84. The van der Waals surface area contributed by atoms with E-state index in [1.165, 1.54) is 17.8 Å². The molecule has 0 spiro atoms. The van der Waals surface area contributed by atoms with Crippen molar-refractivity contribution in [1.82, 2.24) is 19.5 Å². The largest absolute Gasteiger partial charge is 0.361 e. The summed E-state index contributed by atoms with van der Waals surface area (Å²) in [6.07, 6.45) is 3.44. The van der Waals surface area contributed by atoms with Gasteiger partial charge in [-0.2, -0.15) is 0 Å². The molecule has 170 valence electrons. The number of rotatable bonds is 5. The fourth-order valence-corrected chi connectivity index (χ4v) is 4.66. The minimum absolute atomic E-state index is 0.193. The summed E-state index contributed by atoms with van der Waals surface area (Å²) in [6, 6.07) is 17.8. The molecule has 0 amide bonds. The number of nitrogens with one attached hydrogen (secondary N) is 2. The number of benzene rings is 2. The third-order valence-corrected chi connectivity index (χ3v) is 6.47. The minimum atomic E-state index is -0.385. The van der Waals surface area contributed by atoms with Crippen LogP contribution in [0.25, 0.3) is 27.5 Å². The molecule has 0 saturated carbocycles. The lowest BCUT2D eigenvalue weighted by molar-refractivity contribution is 0.771. The highest BCUT2D eigenvalue weighted by atomic mass is 35.5. The normalized spacial score (nSPS) is 12.2. The SMILES string of the molecule is CSc1nc(NC(C)c2cc3cccc(Cl)c3c(=O)n2-c2ccccc2)c2c(=O)cc[nH]c2n1. The van der Waals surface area contributed by atoms with Crippen LogP contribution in [0.15, 0.2) is 81.6 Å². The van der Waals surface area contributed by atoms with Crippen LogP contribution in [0.1, 0.15) is 18.7 Å². The molecule has 3 aromatic heterocycles. The molecule has 0 aliphatic carbocycles. The Morgan fingerprint density at radius 3 is 2.59 bits per heavy atom. The van der Waals surface area contributed by atoms with Crippen molar-refractivity contribution < 1.29 is 0 Å². The molecule has 7 nitrogen and oxygen atoms in total. The number of hydrogen-bond donors (Lipinski definition) is 2. The molecule has 5 aromatic rings. The number of para-hydroxylation sites is 1. The number of nitrogens with zero attached hydrogens (tertiary/aromatic N) is 3. The van der Waals surface area contributed by atoms with Crippen LogP contribution in [0.4, 0.5) is 5.82 Å². The molecule has 0 fully saturated rings. The number of thioether (sulfide) groups is 1. The van der Waals surface area contributed by atoms with Gasteiger partial charge in [-0.05, 0) is 42.8 Å². The number of anilines is 1. The van der Waals surface area contributed by atoms with Gasteiger partial charge < -0.3 is 10.3 Å². The first-order chi connectivity index (χ1) is 16.5. The number of H-pyrrole nitrogens is 1. The molecule has 0 saturated heterocycles. The van der Waals surface area contributed by atoms with Crippen LogP contribution in [-0.2, 0) is 0 Å². The van der Waals surface area contributed by atoms with E-state index >= 15 is 0 Å². The van der Waals surface area contributed by atoms with Crippen molar-refractivity contribution >= 4 is 51.0 Å². The predicted molar refractivity (Wildman–Crippen MR) is 139 cm³/mol. The maximum Gasteiger partial charge on any atom is 0.264 e. The van der Waals surface area contributed by atoms with E-state index in [1.54, 1.807) is 16.8 Å². The van der Waals surface area contributed by atoms with Gasteiger partial charge in [0.1, 0.15) is 16.9 Å². The molecule has 1 atom stereocenters. The number of halogens is 1. The van der Waals surface area contributed by atoms with Gasteiger partial charge in [0.05, 0.1) is 16.5 Å². The number of aromatic nitrogens is 4. The topological polar surface area (TPSA) is 92.7 Å². The van der Waals surface area contributed by atoms with Gasteiger partial charge in [0.15, 0.2) is 10.6 Å². The zero-order valence-electron chi connectivity index (χ0n) is 18.4. The standard InChI is InChI=1S/C25H20ClN5O2S/c1-14(28-23-21-19(32)11-12-27-22(21)29-25(30-23)34-2)18-13-15-7-6-10-17(26)20(15)24(33)31(18)16-8-4-3-5-9-16/h3-14H,1-2H3,(H2,27,28,29,30,32). The number of pyridine rings is 2. The summed E-state index contributed by atoms with van der Waals surface area (Å²) < 4.78 is 1.65. The molecule has 2 aromatic carbocycles. The summed E-state index contributed by atoms with van der Waals surface area (Å²) in [7, 11) is 0. The molecule has 2 N–H and O–H groups in total. The highest BCUT2D eigenvalue weighted by Gasteiger charge is 2.20. The van der Waals surface area contributed by atoms with E-state index in [0.29, 0.717) is 43.8 Å². The Hall–Kier alpha value is -3.62. The maximum atomic E-state index is 13.7. The van der Waals surface area contributed by atoms with Gasteiger partial charge in [-0.15, -0.1) is 0 Å². The Kier molecular flexibility index (Phi) is 5.85. The average molecular weight is 490 g/mol. The molecular formula is C25H20ClN5O2S. The van der Waals surface area contributed by atoms with Crippen LogP contribution in [-0.4, -0.2) is 25.8 Å². The summed E-state index contributed by atoms with van der Waals surface area (Å²) >= 11 is 7.79. The van der Waals surface area contributed by atoms with E-state index in [9.17, 15) is 9.59 Å². The summed E-state index contributed by atoms with van der Waals surface area (Å²) in [4.78, 5) is 38.3. The van der Waals surface area contributed by atoms with Crippen LogP contribution in [0, 0.1) is 0 Å². The Balaban J connectivity index is 1.73. The fourth-order valence-electron chi connectivity index (χ4n) is 4.03. The molecule has 1 unspecified atom stereocenters. The molecular weight excluding hydrogens is 470 g/mol. The van der Waals surface area contributed by atoms with Crippen molar-refractivity contribution in [1.29, 1.82) is 0 Å². The van der Waals surface area contributed by atoms with E-state index in [1.807, 2.05) is 61.7 Å². The Morgan fingerprint density at radius 1 is 1.03 bits per heavy atom. The number of fused-ring (bicyclic) bond motifs is 2. The third kappa shape index (κ3) is 3.85. The molecule has 34 heavy (non-hydrogen) atoms. The van der Waals surface area contributed by atoms with Crippen LogP contribution >= 0.6 is 23.4 Å². The van der Waals surface area contributed by atoms with Crippen molar-refractivity contribution in [2.24, 2.45) is 0 Å². The van der Waals surface area contributed by atoms with Crippen LogP contribution < -0.4 is 16.3 Å². The second kappa shape index (κ2) is 8.96. The molecule has 0 radical (unpaired) electrons. The van der Waals surface area contributed by atoms with Gasteiger partial charge in [0.2, 0.25) is 0 Å². The lowest BCUT2D eigenvalue weighted by atomic mass is 10.1. The Morgan fingerprint density at radius 2 is 1.82 bits per heavy atom. The second-order valence-electron chi connectivity index (χ2n) is 7.74. The first kappa shape index (κ1) is 22.2. The second-order valence-corrected chi connectivity index (χ2v) is 8.92. The molecule has 9 heteroatoms.